The fourth-order valence-electron chi connectivity index (χ4n) is 4.55. The Morgan fingerprint density at radius 2 is 1.88 bits per heavy atom. The standard InChI is InChI=1S/C30H37IN2O7/c1-19(2)15-28(35)33(13-11-20-16-22(38-3)9-10-25(20)39-4)24-17-21(30(37)32-12-14-34)18-27(29(24)36)40-26-8-6-5-7-23(26)31/h5-10,15-16,18,24,27,29,34,36H,11-14,17H2,1-4H3,(H,32,37). The highest BCUT2D eigenvalue weighted by Gasteiger charge is 2.40. The molecule has 0 spiro atoms. The molecule has 3 unspecified atom stereocenters. The van der Waals surface area contributed by atoms with E-state index in [9.17, 15) is 19.8 Å². The summed E-state index contributed by atoms with van der Waals surface area (Å²) in [6, 6.07) is 12.1. The summed E-state index contributed by atoms with van der Waals surface area (Å²) in [6.07, 6.45) is 1.65. The molecule has 0 fully saturated rings. The van der Waals surface area contributed by atoms with Crippen LogP contribution < -0.4 is 19.5 Å². The lowest BCUT2D eigenvalue weighted by Crippen LogP contribution is -2.55. The first-order valence-corrected chi connectivity index (χ1v) is 14.1. The molecule has 3 rings (SSSR count). The van der Waals surface area contributed by atoms with Gasteiger partial charge in [0.2, 0.25) is 11.8 Å². The van der Waals surface area contributed by atoms with Gasteiger partial charge in [0.15, 0.2) is 0 Å². The molecule has 10 heteroatoms. The molecule has 0 saturated carbocycles. The van der Waals surface area contributed by atoms with Crippen molar-refractivity contribution in [3.63, 3.8) is 0 Å². The molecule has 1 aliphatic rings. The number of aliphatic hydroxyl groups excluding tert-OH is 2. The molecule has 2 amide bonds. The summed E-state index contributed by atoms with van der Waals surface area (Å²) in [4.78, 5) is 28.1. The van der Waals surface area contributed by atoms with E-state index < -0.39 is 18.2 Å². The lowest BCUT2D eigenvalue weighted by atomic mass is 9.87. The highest BCUT2D eigenvalue weighted by molar-refractivity contribution is 14.1. The molecule has 0 radical (unpaired) electrons. The second kappa shape index (κ2) is 15.1. The van der Waals surface area contributed by atoms with Gasteiger partial charge in [-0.05, 0) is 84.8 Å². The van der Waals surface area contributed by atoms with Crippen LogP contribution in [0.25, 0.3) is 0 Å². The Morgan fingerprint density at radius 1 is 1.12 bits per heavy atom. The minimum atomic E-state index is -1.12. The zero-order valence-electron chi connectivity index (χ0n) is 23.2. The molecule has 2 aromatic rings. The first-order valence-electron chi connectivity index (χ1n) is 13.0. The quantitative estimate of drug-likeness (QED) is 0.236. The number of methoxy groups -OCH3 is 2. The van der Waals surface area contributed by atoms with Gasteiger partial charge in [-0.15, -0.1) is 0 Å². The van der Waals surface area contributed by atoms with Gasteiger partial charge in [0.05, 0.1) is 30.4 Å². The van der Waals surface area contributed by atoms with Crippen LogP contribution in [-0.4, -0.2) is 79.1 Å². The lowest BCUT2D eigenvalue weighted by Gasteiger charge is -2.40. The van der Waals surface area contributed by atoms with Gasteiger partial charge >= 0.3 is 0 Å². The maximum Gasteiger partial charge on any atom is 0.247 e. The van der Waals surface area contributed by atoms with Gasteiger partial charge in [0.25, 0.3) is 0 Å². The van der Waals surface area contributed by atoms with Crippen LogP contribution in [0.5, 0.6) is 17.2 Å². The molecule has 216 valence electrons. The zero-order valence-corrected chi connectivity index (χ0v) is 25.4. The summed E-state index contributed by atoms with van der Waals surface area (Å²) in [7, 11) is 3.16. The van der Waals surface area contributed by atoms with Crippen LogP contribution in [-0.2, 0) is 16.0 Å². The van der Waals surface area contributed by atoms with Gasteiger partial charge in [-0.25, -0.2) is 0 Å². The number of hydrogen-bond donors (Lipinski definition) is 3. The highest BCUT2D eigenvalue weighted by Crippen LogP contribution is 2.31. The van der Waals surface area contributed by atoms with Crippen molar-refractivity contribution in [1.29, 1.82) is 0 Å². The van der Waals surface area contributed by atoms with Gasteiger partial charge in [-0.1, -0.05) is 17.7 Å². The van der Waals surface area contributed by atoms with Crippen LogP contribution in [0.3, 0.4) is 0 Å². The molecule has 0 saturated heterocycles. The second-order valence-electron chi connectivity index (χ2n) is 9.63. The first kappa shape index (κ1) is 31.4. The van der Waals surface area contributed by atoms with Crippen molar-refractivity contribution in [1.82, 2.24) is 10.2 Å². The predicted octanol–water partition coefficient (Wildman–Crippen LogP) is 3.26. The Morgan fingerprint density at radius 3 is 2.52 bits per heavy atom. The van der Waals surface area contributed by atoms with Crippen LogP contribution in [0.1, 0.15) is 25.8 Å². The van der Waals surface area contributed by atoms with E-state index in [1.165, 1.54) is 6.08 Å². The molecule has 1 aliphatic carbocycles. The summed E-state index contributed by atoms with van der Waals surface area (Å²) in [5.74, 6) is 1.21. The topological polar surface area (TPSA) is 118 Å². The van der Waals surface area contributed by atoms with Crippen molar-refractivity contribution in [2.45, 2.75) is 44.9 Å². The Hall–Kier alpha value is -3.09. The molecular weight excluding hydrogens is 627 g/mol. The van der Waals surface area contributed by atoms with Crippen LogP contribution >= 0.6 is 22.6 Å². The van der Waals surface area contributed by atoms with E-state index in [1.807, 2.05) is 44.2 Å². The van der Waals surface area contributed by atoms with E-state index in [2.05, 4.69) is 27.9 Å². The van der Waals surface area contributed by atoms with E-state index in [-0.39, 0.29) is 37.9 Å². The number of hydrogen-bond acceptors (Lipinski definition) is 7. The van der Waals surface area contributed by atoms with Crippen LogP contribution in [0.4, 0.5) is 0 Å². The largest absolute Gasteiger partial charge is 0.497 e. The maximum absolute atomic E-state index is 13.6. The molecule has 0 heterocycles. The molecule has 3 N–H and O–H groups in total. The van der Waals surface area contributed by atoms with Gasteiger partial charge in [0, 0.05) is 31.2 Å². The number of carbonyl (C=O) groups excluding carboxylic acids is 2. The molecule has 0 aromatic heterocycles. The maximum atomic E-state index is 13.6. The van der Waals surface area contributed by atoms with E-state index in [1.54, 1.807) is 37.3 Å². The molecule has 40 heavy (non-hydrogen) atoms. The summed E-state index contributed by atoms with van der Waals surface area (Å²) in [6.45, 7) is 3.78. The third kappa shape index (κ3) is 8.21. The molecule has 2 aromatic carbocycles. The lowest BCUT2D eigenvalue weighted by molar-refractivity contribution is -0.133. The number of aliphatic hydroxyl groups is 2. The summed E-state index contributed by atoms with van der Waals surface area (Å²) < 4.78 is 17.9. The monoisotopic (exact) mass is 664 g/mol. The van der Waals surface area contributed by atoms with Gasteiger partial charge < -0.3 is 34.6 Å². The average molecular weight is 665 g/mol. The van der Waals surface area contributed by atoms with E-state index in [0.717, 1.165) is 14.7 Å². The minimum Gasteiger partial charge on any atom is -0.497 e. The predicted molar refractivity (Wildman–Crippen MR) is 161 cm³/mol. The number of ether oxygens (including phenoxy) is 3. The van der Waals surface area contributed by atoms with Crippen LogP contribution in [0.2, 0.25) is 0 Å². The van der Waals surface area contributed by atoms with Crippen molar-refractivity contribution < 1.29 is 34.0 Å². The van der Waals surface area contributed by atoms with Crippen molar-refractivity contribution in [3.8, 4) is 17.2 Å². The number of amides is 2. The minimum absolute atomic E-state index is 0.0849. The van der Waals surface area contributed by atoms with Gasteiger partial charge in [-0.2, -0.15) is 0 Å². The smallest absolute Gasteiger partial charge is 0.247 e. The Bertz CT molecular complexity index is 1240. The fourth-order valence-corrected chi connectivity index (χ4v) is 5.07. The number of nitrogens with one attached hydrogen (secondary N) is 1. The third-order valence-electron chi connectivity index (χ3n) is 6.52. The molecule has 3 atom stereocenters. The zero-order chi connectivity index (χ0) is 29.2. The number of benzene rings is 2. The van der Waals surface area contributed by atoms with Crippen LogP contribution in [0, 0.1) is 3.57 Å². The second-order valence-corrected chi connectivity index (χ2v) is 10.8. The summed E-state index contributed by atoms with van der Waals surface area (Å²) in [5.41, 5.74) is 2.02. The Kier molecular flexibility index (Phi) is 11.8. The SMILES string of the molecule is COc1ccc(OC)c(CCN(C(=O)C=C(C)C)C2CC(C(=O)NCCO)=CC(Oc3ccccc3I)C2O)c1. The third-order valence-corrected chi connectivity index (χ3v) is 7.41. The summed E-state index contributed by atoms with van der Waals surface area (Å²) >= 11 is 2.15. The molecule has 9 nitrogen and oxygen atoms in total. The number of rotatable bonds is 12. The first-order chi connectivity index (χ1) is 19.2. The van der Waals surface area contributed by atoms with E-state index in [4.69, 9.17) is 14.2 Å². The van der Waals surface area contributed by atoms with Crippen molar-refractivity contribution in [2.24, 2.45) is 0 Å². The Labute approximate surface area is 248 Å². The molecular formula is C30H37IN2O7. The normalized spacial score (nSPS) is 18.3. The van der Waals surface area contributed by atoms with Crippen molar-refractivity contribution in [3.05, 3.63) is 74.9 Å². The molecule has 0 bridgehead atoms. The number of carbonyl (C=O) groups is 2. The van der Waals surface area contributed by atoms with Crippen molar-refractivity contribution >= 4 is 34.4 Å². The molecule has 0 aliphatic heterocycles. The number of nitrogens with zero attached hydrogens (tertiary/aromatic N) is 1. The summed E-state index contributed by atoms with van der Waals surface area (Å²) in [5, 5.41) is 23.5. The van der Waals surface area contributed by atoms with Crippen LogP contribution in [0.15, 0.2) is 65.8 Å². The highest BCUT2D eigenvalue weighted by atomic mass is 127. The number of para-hydroxylation sites is 1. The number of halogens is 1. The number of allylic oxidation sites excluding steroid dienone is 1. The fraction of sp³-hybridized carbons (Fsp3) is 0.400. The van der Waals surface area contributed by atoms with E-state index >= 15 is 0 Å². The van der Waals surface area contributed by atoms with Gasteiger partial charge in [-0.3, -0.25) is 9.59 Å². The van der Waals surface area contributed by atoms with Crippen molar-refractivity contribution in [2.75, 3.05) is 33.9 Å². The van der Waals surface area contributed by atoms with E-state index in [0.29, 0.717) is 29.2 Å². The van der Waals surface area contributed by atoms with Gasteiger partial charge in [0.1, 0.15) is 29.5 Å². The Balaban J connectivity index is 1.99. The average Bonchev–Trinajstić information content (AvgIpc) is 2.94.